The Kier molecular flexibility index (Phi) is 2.76. The zero-order valence-electron chi connectivity index (χ0n) is 11.4. The van der Waals surface area contributed by atoms with Gasteiger partial charge in [0.15, 0.2) is 0 Å². The minimum absolute atomic E-state index is 0.163. The maximum absolute atomic E-state index is 12.3. The first kappa shape index (κ1) is 13.1. The number of urea groups is 1. The number of carbonyl (C=O) groups excluding carboxylic acids is 3. The van der Waals surface area contributed by atoms with Gasteiger partial charge in [-0.3, -0.25) is 19.8 Å². The van der Waals surface area contributed by atoms with E-state index < -0.39 is 17.4 Å². The molecule has 18 heavy (non-hydrogen) atoms. The Morgan fingerprint density at radius 3 is 2.28 bits per heavy atom. The molecule has 1 saturated heterocycles. The van der Waals surface area contributed by atoms with Gasteiger partial charge < -0.3 is 0 Å². The Morgan fingerprint density at radius 1 is 1.28 bits per heavy atom. The fraction of sp³-hybridized carbons (Fsp3) is 0.769. The lowest BCUT2D eigenvalue weighted by atomic mass is 9.80. The normalized spacial score (nSPS) is 22.7. The summed E-state index contributed by atoms with van der Waals surface area (Å²) in [6.07, 6.45) is 1.12. The molecule has 2 fully saturated rings. The van der Waals surface area contributed by atoms with E-state index in [0.717, 1.165) is 0 Å². The maximum atomic E-state index is 12.3. The molecule has 0 unspecified atom stereocenters. The number of nitrogens with zero attached hydrogens (tertiary/aromatic N) is 1. The van der Waals surface area contributed by atoms with Gasteiger partial charge in [-0.15, -0.1) is 0 Å². The van der Waals surface area contributed by atoms with Crippen LogP contribution in [0.15, 0.2) is 0 Å². The number of nitrogens with one attached hydrogen (secondary N) is 1. The van der Waals surface area contributed by atoms with E-state index in [1.165, 1.54) is 4.90 Å². The number of rotatable bonds is 3. The summed E-state index contributed by atoms with van der Waals surface area (Å²) in [6.45, 7) is 8.52. The van der Waals surface area contributed by atoms with Crippen LogP contribution in [-0.4, -0.2) is 29.3 Å². The molecule has 0 atom stereocenters. The molecule has 100 valence electrons. The van der Waals surface area contributed by atoms with Crippen molar-refractivity contribution in [2.75, 3.05) is 6.54 Å². The Balaban J connectivity index is 2.20. The number of amides is 4. The number of hydrogen-bond donors (Lipinski definition) is 1. The third-order valence-corrected chi connectivity index (χ3v) is 4.43. The molecule has 5 nitrogen and oxygen atoms in total. The molecule has 0 aromatic rings. The molecule has 1 heterocycles. The van der Waals surface area contributed by atoms with E-state index in [2.05, 4.69) is 19.2 Å². The summed E-state index contributed by atoms with van der Waals surface area (Å²) in [5.74, 6) is -0.396. The number of carbonyl (C=O) groups is 3. The van der Waals surface area contributed by atoms with E-state index in [1.807, 2.05) is 13.8 Å². The topological polar surface area (TPSA) is 66.5 Å². The first-order chi connectivity index (χ1) is 8.20. The molecule has 0 aromatic carbocycles. The highest BCUT2D eigenvalue weighted by Crippen LogP contribution is 2.49. The van der Waals surface area contributed by atoms with E-state index in [1.54, 1.807) is 0 Å². The summed E-state index contributed by atoms with van der Waals surface area (Å²) in [7, 11) is 0. The minimum Gasteiger partial charge on any atom is -0.277 e. The van der Waals surface area contributed by atoms with E-state index in [-0.39, 0.29) is 11.3 Å². The van der Waals surface area contributed by atoms with Crippen molar-refractivity contribution < 1.29 is 14.4 Å². The van der Waals surface area contributed by atoms with Gasteiger partial charge >= 0.3 is 6.03 Å². The summed E-state index contributed by atoms with van der Waals surface area (Å²) in [6, 6.07) is -0.573. The zero-order chi connectivity index (χ0) is 13.7. The average molecular weight is 252 g/mol. The van der Waals surface area contributed by atoms with Crippen LogP contribution in [0.2, 0.25) is 0 Å². The van der Waals surface area contributed by atoms with Crippen LogP contribution in [0, 0.1) is 16.7 Å². The average Bonchev–Trinajstić information content (AvgIpc) is 3.03. The maximum Gasteiger partial charge on any atom is 0.330 e. The molecule has 4 amide bonds. The predicted octanol–water partition coefficient (Wildman–Crippen LogP) is 1.53. The van der Waals surface area contributed by atoms with Gasteiger partial charge in [-0.2, -0.15) is 0 Å². The molecule has 1 aliphatic carbocycles. The van der Waals surface area contributed by atoms with E-state index in [4.69, 9.17) is 0 Å². The Morgan fingerprint density at radius 2 is 1.83 bits per heavy atom. The van der Waals surface area contributed by atoms with Crippen LogP contribution in [0.25, 0.3) is 0 Å². The van der Waals surface area contributed by atoms with Crippen molar-refractivity contribution in [1.82, 2.24) is 10.2 Å². The lowest BCUT2D eigenvalue weighted by Gasteiger charge is -2.38. The number of imide groups is 2. The van der Waals surface area contributed by atoms with Gasteiger partial charge in [-0.05, 0) is 24.2 Å². The molecule has 2 aliphatic rings. The fourth-order valence-electron chi connectivity index (χ4n) is 2.03. The molecular formula is C13H20N2O3. The van der Waals surface area contributed by atoms with Crippen LogP contribution < -0.4 is 5.32 Å². The van der Waals surface area contributed by atoms with Crippen molar-refractivity contribution in [2.45, 2.75) is 40.5 Å². The predicted molar refractivity (Wildman–Crippen MR) is 65.5 cm³/mol. The van der Waals surface area contributed by atoms with E-state index >= 15 is 0 Å². The first-order valence-corrected chi connectivity index (χ1v) is 6.38. The molecule has 0 aromatic heterocycles. The van der Waals surface area contributed by atoms with E-state index in [0.29, 0.717) is 25.3 Å². The highest BCUT2D eigenvalue weighted by atomic mass is 16.2. The highest BCUT2D eigenvalue weighted by Gasteiger charge is 2.62. The van der Waals surface area contributed by atoms with Crippen LogP contribution in [0.3, 0.4) is 0 Å². The van der Waals surface area contributed by atoms with Gasteiger partial charge in [-0.1, -0.05) is 27.7 Å². The van der Waals surface area contributed by atoms with E-state index in [9.17, 15) is 14.4 Å². The minimum atomic E-state index is -0.930. The Hall–Kier alpha value is -1.39. The van der Waals surface area contributed by atoms with Gasteiger partial charge in [-0.25, -0.2) is 4.79 Å². The van der Waals surface area contributed by atoms with Crippen LogP contribution in [0.1, 0.15) is 40.5 Å². The Bertz CT molecular complexity index is 422. The molecule has 1 saturated carbocycles. The third kappa shape index (κ3) is 1.82. The van der Waals surface area contributed by atoms with Crippen LogP contribution >= 0.6 is 0 Å². The van der Waals surface area contributed by atoms with Crippen LogP contribution in [-0.2, 0) is 9.59 Å². The van der Waals surface area contributed by atoms with Gasteiger partial charge in [0.2, 0.25) is 11.8 Å². The molecule has 0 bridgehead atoms. The summed E-state index contributed by atoms with van der Waals surface area (Å²) in [5.41, 5.74) is -1.09. The second-order valence-corrected chi connectivity index (χ2v) is 6.38. The van der Waals surface area contributed by atoms with Crippen molar-refractivity contribution in [3.63, 3.8) is 0 Å². The van der Waals surface area contributed by atoms with Gasteiger partial charge in [0.25, 0.3) is 0 Å². The molecule has 2 rings (SSSR count). The summed E-state index contributed by atoms with van der Waals surface area (Å²) < 4.78 is 0. The second-order valence-electron chi connectivity index (χ2n) is 6.38. The summed E-state index contributed by atoms with van der Waals surface area (Å²) >= 11 is 0. The quantitative estimate of drug-likeness (QED) is 0.774. The van der Waals surface area contributed by atoms with Gasteiger partial charge in [0.05, 0.1) is 0 Å². The largest absolute Gasteiger partial charge is 0.330 e. The lowest BCUT2D eigenvalue weighted by Crippen LogP contribution is -2.61. The van der Waals surface area contributed by atoms with Crippen molar-refractivity contribution in [3.05, 3.63) is 0 Å². The van der Waals surface area contributed by atoms with Crippen molar-refractivity contribution in [1.29, 1.82) is 0 Å². The zero-order valence-corrected chi connectivity index (χ0v) is 11.4. The second kappa shape index (κ2) is 3.80. The SMILES string of the molecule is CC(C)C(C)(C)CN1C(=O)NC(=O)C2(CC2)C1=O. The molecule has 0 radical (unpaired) electrons. The molecule has 1 aliphatic heterocycles. The highest BCUT2D eigenvalue weighted by molar-refractivity contribution is 6.20. The third-order valence-electron chi connectivity index (χ3n) is 4.43. The summed E-state index contributed by atoms with van der Waals surface area (Å²) in [4.78, 5) is 37.0. The van der Waals surface area contributed by atoms with Crippen molar-refractivity contribution >= 4 is 17.8 Å². The standard InChI is InChI=1S/C13H20N2O3/c1-8(2)12(3,4)7-15-10(17)13(5-6-13)9(16)14-11(15)18/h8H,5-7H2,1-4H3,(H,14,16,18). The molecule has 5 heteroatoms. The molecule has 1 N–H and O–H groups in total. The monoisotopic (exact) mass is 252 g/mol. The summed E-state index contributed by atoms with van der Waals surface area (Å²) in [5, 5.41) is 2.30. The van der Waals surface area contributed by atoms with Crippen LogP contribution in [0.5, 0.6) is 0 Å². The van der Waals surface area contributed by atoms with Crippen LogP contribution in [0.4, 0.5) is 4.79 Å². The van der Waals surface area contributed by atoms with Gasteiger partial charge in [0.1, 0.15) is 5.41 Å². The molecular weight excluding hydrogens is 232 g/mol. The Labute approximate surface area is 107 Å². The smallest absolute Gasteiger partial charge is 0.277 e. The lowest BCUT2D eigenvalue weighted by molar-refractivity contribution is -0.145. The number of hydrogen-bond acceptors (Lipinski definition) is 3. The molecule has 1 spiro atoms. The van der Waals surface area contributed by atoms with Gasteiger partial charge in [0, 0.05) is 6.54 Å². The number of barbiturate groups is 1. The van der Waals surface area contributed by atoms with Crippen molar-refractivity contribution in [3.8, 4) is 0 Å². The van der Waals surface area contributed by atoms with Crippen molar-refractivity contribution in [2.24, 2.45) is 16.7 Å². The fourth-order valence-corrected chi connectivity index (χ4v) is 2.03. The first-order valence-electron chi connectivity index (χ1n) is 6.38.